The number of hydrogen-bond acceptors (Lipinski definition) is 3. The van der Waals surface area contributed by atoms with E-state index in [1.165, 1.54) is 0 Å². The molecule has 0 radical (unpaired) electrons. The molecule has 0 aliphatic heterocycles. The van der Waals surface area contributed by atoms with Crippen molar-refractivity contribution in [1.29, 1.82) is 0 Å². The van der Waals surface area contributed by atoms with Crippen molar-refractivity contribution in [2.45, 2.75) is 20.8 Å². The van der Waals surface area contributed by atoms with Crippen LogP contribution in [0.5, 0.6) is 5.75 Å². The van der Waals surface area contributed by atoms with Gasteiger partial charge in [-0.25, -0.2) is 0 Å². The number of H-pyrrole nitrogens is 1. The van der Waals surface area contributed by atoms with E-state index in [-0.39, 0.29) is 5.91 Å². The van der Waals surface area contributed by atoms with Gasteiger partial charge in [-0.05, 0) is 38.5 Å². The number of aromatic amines is 1. The minimum Gasteiger partial charge on any atom is -0.495 e. The maximum Gasteiger partial charge on any atom is 0.276 e. The maximum atomic E-state index is 12.2. The van der Waals surface area contributed by atoms with E-state index in [2.05, 4.69) is 15.5 Å². The molecular formula is C14H17N3O2. The highest BCUT2D eigenvalue weighted by Crippen LogP contribution is 2.25. The number of ether oxygens (including phenoxy) is 1. The van der Waals surface area contributed by atoms with Crippen LogP contribution in [0.25, 0.3) is 0 Å². The van der Waals surface area contributed by atoms with Gasteiger partial charge in [0, 0.05) is 11.3 Å². The molecule has 1 heterocycles. The van der Waals surface area contributed by atoms with Crippen molar-refractivity contribution in [2.24, 2.45) is 0 Å². The summed E-state index contributed by atoms with van der Waals surface area (Å²) >= 11 is 0. The third kappa shape index (κ3) is 2.59. The molecule has 0 saturated carbocycles. The Morgan fingerprint density at radius 3 is 2.63 bits per heavy atom. The summed E-state index contributed by atoms with van der Waals surface area (Å²) in [4.78, 5) is 12.2. The summed E-state index contributed by atoms with van der Waals surface area (Å²) in [6, 6.07) is 5.62. The monoisotopic (exact) mass is 259 g/mol. The largest absolute Gasteiger partial charge is 0.495 e. The first-order valence-corrected chi connectivity index (χ1v) is 6.00. The molecule has 1 aromatic carbocycles. The molecule has 0 unspecified atom stereocenters. The van der Waals surface area contributed by atoms with E-state index in [0.29, 0.717) is 17.1 Å². The first-order chi connectivity index (χ1) is 9.02. The van der Waals surface area contributed by atoms with Crippen molar-refractivity contribution in [3.8, 4) is 5.75 Å². The molecule has 0 spiro atoms. The van der Waals surface area contributed by atoms with Gasteiger partial charge < -0.3 is 10.1 Å². The van der Waals surface area contributed by atoms with Crippen LogP contribution < -0.4 is 10.1 Å². The third-order valence-electron chi connectivity index (χ3n) is 3.07. The number of carbonyl (C=O) groups is 1. The first kappa shape index (κ1) is 13.1. The lowest BCUT2D eigenvalue weighted by molar-refractivity contribution is 0.102. The number of methoxy groups -OCH3 is 1. The fraction of sp³-hybridized carbons (Fsp3) is 0.286. The molecule has 0 atom stereocenters. The van der Waals surface area contributed by atoms with Gasteiger partial charge in [0.05, 0.1) is 12.8 Å². The normalized spacial score (nSPS) is 10.3. The maximum absolute atomic E-state index is 12.2. The number of nitrogens with one attached hydrogen (secondary N) is 2. The van der Waals surface area contributed by atoms with E-state index in [0.717, 1.165) is 16.8 Å². The number of carbonyl (C=O) groups excluding carboxylic acids is 1. The predicted octanol–water partition coefficient (Wildman–Crippen LogP) is 2.60. The fourth-order valence-corrected chi connectivity index (χ4v) is 1.81. The minimum absolute atomic E-state index is 0.245. The Kier molecular flexibility index (Phi) is 3.55. The lowest BCUT2D eigenvalue weighted by atomic mass is 10.2. The Morgan fingerprint density at radius 2 is 2.05 bits per heavy atom. The van der Waals surface area contributed by atoms with E-state index in [1.54, 1.807) is 7.11 Å². The molecule has 0 aliphatic carbocycles. The second-order valence-electron chi connectivity index (χ2n) is 4.48. The first-order valence-electron chi connectivity index (χ1n) is 6.00. The van der Waals surface area contributed by atoms with Crippen LogP contribution in [-0.4, -0.2) is 23.2 Å². The Labute approximate surface area is 112 Å². The van der Waals surface area contributed by atoms with E-state index < -0.39 is 0 Å². The molecule has 0 fully saturated rings. The smallest absolute Gasteiger partial charge is 0.276 e. The number of amides is 1. The van der Waals surface area contributed by atoms with Crippen molar-refractivity contribution < 1.29 is 9.53 Å². The van der Waals surface area contributed by atoms with E-state index >= 15 is 0 Å². The number of aryl methyl sites for hydroxylation is 2. The molecule has 1 aromatic heterocycles. The molecule has 5 heteroatoms. The van der Waals surface area contributed by atoms with E-state index in [4.69, 9.17) is 4.74 Å². The van der Waals surface area contributed by atoms with Crippen molar-refractivity contribution in [3.05, 3.63) is 40.7 Å². The van der Waals surface area contributed by atoms with Crippen molar-refractivity contribution >= 4 is 11.6 Å². The molecule has 0 saturated heterocycles. The van der Waals surface area contributed by atoms with Gasteiger partial charge in [-0.15, -0.1) is 0 Å². The van der Waals surface area contributed by atoms with Crippen LogP contribution >= 0.6 is 0 Å². The van der Waals surface area contributed by atoms with Crippen LogP contribution in [0, 0.1) is 20.8 Å². The molecule has 100 valence electrons. The van der Waals surface area contributed by atoms with Gasteiger partial charge in [0.25, 0.3) is 5.91 Å². The van der Waals surface area contributed by atoms with E-state index in [9.17, 15) is 4.79 Å². The summed E-state index contributed by atoms with van der Waals surface area (Å²) < 4.78 is 5.23. The van der Waals surface area contributed by atoms with Gasteiger partial charge in [0.1, 0.15) is 5.75 Å². The molecule has 0 bridgehead atoms. The number of hydrogen-bond donors (Lipinski definition) is 2. The number of nitrogens with zero attached hydrogens (tertiary/aromatic N) is 1. The van der Waals surface area contributed by atoms with Gasteiger partial charge in [0.15, 0.2) is 5.69 Å². The molecule has 5 nitrogen and oxygen atoms in total. The summed E-state index contributed by atoms with van der Waals surface area (Å²) in [6.45, 7) is 5.70. The Bertz CT molecular complexity index is 617. The Morgan fingerprint density at radius 1 is 1.32 bits per heavy atom. The third-order valence-corrected chi connectivity index (χ3v) is 3.07. The van der Waals surface area contributed by atoms with Crippen molar-refractivity contribution in [1.82, 2.24) is 10.2 Å². The molecule has 2 aromatic rings. The topological polar surface area (TPSA) is 67.0 Å². The summed E-state index contributed by atoms with van der Waals surface area (Å²) in [5, 5.41) is 9.64. The zero-order valence-electron chi connectivity index (χ0n) is 11.5. The van der Waals surface area contributed by atoms with Crippen LogP contribution in [0.4, 0.5) is 5.69 Å². The fourth-order valence-electron chi connectivity index (χ4n) is 1.81. The standard InChI is InChI=1S/C14H17N3O2/c1-8-5-6-12(19-4)11(7-8)15-14(18)13-9(2)10(3)16-17-13/h5-7H,1-4H3,(H,15,18)(H,16,17). The predicted molar refractivity (Wildman–Crippen MR) is 73.7 cm³/mol. The molecular weight excluding hydrogens is 242 g/mol. The van der Waals surface area contributed by atoms with Crippen LogP contribution in [0.1, 0.15) is 27.3 Å². The highest BCUT2D eigenvalue weighted by molar-refractivity contribution is 6.04. The summed E-state index contributed by atoms with van der Waals surface area (Å²) in [6.07, 6.45) is 0. The van der Waals surface area contributed by atoms with Gasteiger partial charge in [-0.2, -0.15) is 5.10 Å². The van der Waals surface area contributed by atoms with Crippen molar-refractivity contribution in [3.63, 3.8) is 0 Å². The lowest BCUT2D eigenvalue weighted by Gasteiger charge is -2.10. The zero-order valence-corrected chi connectivity index (χ0v) is 11.5. The average molecular weight is 259 g/mol. The summed E-state index contributed by atoms with van der Waals surface area (Å²) in [7, 11) is 1.57. The second kappa shape index (κ2) is 5.14. The van der Waals surface area contributed by atoms with Crippen LogP contribution in [0.2, 0.25) is 0 Å². The lowest BCUT2D eigenvalue weighted by Crippen LogP contribution is -2.14. The average Bonchev–Trinajstić information content (AvgIpc) is 2.70. The molecule has 2 rings (SSSR count). The highest BCUT2D eigenvalue weighted by atomic mass is 16.5. The number of aromatic nitrogens is 2. The minimum atomic E-state index is -0.245. The number of rotatable bonds is 3. The number of benzene rings is 1. The van der Waals surface area contributed by atoms with Crippen molar-refractivity contribution in [2.75, 3.05) is 12.4 Å². The number of anilines is 1. The van der Waals surface area contributed by atoms with Gasteiger partial charge in [-0.3, -0.25) is 9.89 Å². The summed E-state index contributed by atoms with van der Waals surface area (Å²) in [5.41, 5.74) is 3.84. The van der Waals surface area contributed by atoms with Gasteiger partial charge in [-0.1, -0.05) is 6.07 Å². The zero-order chi connectivity index (χ0) is 14.0. The second-order valence-corrected chi connectivity index (χ2v) is 4.48. The Hall–Kier alpha value is -2.30. The van der Waals surface area contributed by atoms with E-state index in [1.807, 2.05) is 39.0 Å². The highest BCUT2D eigenvalue weighted by Gasteiger charge is 2.16. The SMILES string of the molecule is COc1ccc(C)cc1NC(=O)c1n[nH]c(C)c1C. The van der Waals surface area contributed by atoms with Gasteiger partial charge >= 0.3 is 0 Å². The van der Waals surface area contributed by atoms with Crippen LogP contribution in [-0.2, 0) is 0 Å². The van der Waals surface area contributed by atoms with Crippen LogP contribution in [0.3, 0.4) is 0 Å². The molecule has 1 amide bonds. The Balaban J connectivity index is 2.28. The molecule has 0 aliphatic rings. The quantitative estimate of drug-likeness (QED) is 0.890. The van der Waals surface area contributed by atoms with Crippen LogP contribution in [0.15, 0.2) is 18.2 Å². The van der Waals surface area contributed by atoms with Gasteiger partial charge in [0.2, 0.25) is 0 Å². The molecule has 2 N–H and O–H groups in total. The molecule has 19 heavy (non-hydrogen) atoms. The summed E-state index contributed by atoms with van der Waals surface area (Å²) in [5.74, 6) is 0.384.